The van der Waals surface area contributed by atoms with Crippen molar-refractivity contribution in [1.29, 1.82) is 0 Å². The highest BCUT2D eigenvalue weighted by Gasteiger charge is 2.26. The molecular weight excluding hydrogens is 372 g/mol. The molecule has 2 aromatic carbocycles. The first-order valence-corrected chi connectivity index (χ1v) is 10.2. The number of carbonyl (C=O) groups excluding carboxylic acids is 1. The van der Waals surface area contributed by atoms with Crippen molar-refractivity contribution in [1.82, 2.24) is 4.40 Å². The second kappa shape index (κ2) is 8.46. The monoisotopic (exact) mass is 398 g/mol. The molecule has 2 heterocycles. The molecule has 4 heteroatoms. The van der Waals surface area contributed by atoms with E-state index in [1.807, 2.05) is 43.5 Å². The summed E-state index contributed by atoms with van der Waals surface area (Å²) in [6.07, 6.45) is 2.01. The van der Waals surface area contributed by atoms with Crippen LogP contribution in [0.4, 0.5) is 5.69 Å². The minimum Gasteiger partial charge on any atom is -0.462 e. The summed E-state index contributed by atoms with van der Waals surface area (Å²) in [7, 11) is 2.10. The number of hydrogen-bond acceptors (Lipinski definition) is 3. The highest BCUT2D eigenvalue weighted by atomic mass is 16.5. The number of nitrogens with zero attached hydrogens (tertiary/aromatic N) is 2. The zero-order valence-corrected chi connectivity index (χ0v) is 17.6. The van der Waals surface area contributed by atoms with E-state index < -0.39 is 0 Å². The maximum Gasteiger partial charge on any atom is 0.340 e. The lowest BCUT2D eigenvalue weighted by Crippen LogP contribution is -2.26. The number of benzene rings is 2. The number of hydrogen-bond donors (Lipinski definition) is 0. The molecule has 1 atom stereocenters. The molecule has 0 N–H and O–H groups in total. The van der Waals surface area contributed by atoms with Crippen LogP contribution in [0.2, 0.25) is 0 Å². The van der Waals surface area contributed by atoms with Gasteiger partial charge in [-0.2, -0.15) is 0 Å². The van der Waals surface area contributed by atoms with Crippen LogP contribution in [0.5, 0.6) is 0 Å². The first-order chi connectivity index (χ1) is 14.6. The summed E-state index contributed by atoms with van der Waals surface area (Å²) in [6.45, 7) is 4.28. The van der Waals surface area contributed by atoms with Crippen molar-refractivity contribution in [2.45, 2.75) is 19.9 Å². The van der Waals surface area contributed by atoms with Gasteiger partial charge in [-0.15, -0.1) is 0 Å². The van der Waals surface area contributed by atoms with Gasteiger partial charge in [0.2, 0.25) is 0 Å². The lowest BCUT2D eigenvalue weighted by atomic mass is 10.0. The fourth-order valence-electron chi connectivity index (χ4n) is 3.99. The van der Waals surface area contributed by atoms with Crippen molar-refractivity contribution >= 4 is 17.2 Å². The second-order valence-corrected chi connectivity index (χ2v) is 7.42. The van der Waals surface area contributed by atoms with Gasteiger partial charge in [0, 0.05) is 18.9 Å². The maximum absolute atomic E-state index is 12.7. The number of carbonyl (C=O) groups is 1. The second-order valence-electron chi connectivity index (χ2n) is 7.42. The maximum atomic E-state index is 12.7. The fourth-order valence-corrected chi connectivity index (χ4v) is 3.99. The Morgan fingerprint density at radius 1 is 1.00 bits per heavy atom. The molecule has 30 heavy (non-hydrogen) atoms. The molecule has 0 spiro atoms. The highest BCUT2D eigenvalue weighted by molar-refractivity contribution is 5.97. The predicted octanol–water partition coefficient (Wildman–Crippen LogP) is 5.65. The molecule has 4 rings (SSSR count). The van der Waals surface area contributed by atoms with Gasteiger partial charge in [0.05, 0.1) is 29.4 Å². The van der Waals surface area contributed by atoms with Crippen LogP contribution in [-0.4, -0.2) is 24.0 Å². The molecule has 4 nitrogen and oxygen atoms in total. The Balaban J connectivity index is 1.92. The highest BCUT2D eigenvalue weighted by Crippen LogP contribution is 2.34. The summed E-state index contributed by atoms with van der Waals surface area (Å²) in [5.41, 5.74) is 5.94. The number of aryl methyl sites for hydroxylation is 1. The van der Waals surface area contributed by atoms with Crippen LogP contribution in [0.25, 0.3) is 5.52 Å². The average molecular weight is 399 g/mol. The molecule has 4 aromatic rings. The molecule has 0 aliphatic rings. The van der Waals surface area contributed by atoms with E-state index in [2.05, 4.69) is 71.8 Å². The van der Waals surface area contributed by atoms with E-state index in [0.29, 0.717) is 12.2 Å². The van der Waals surface area contributed by atoms with Crippen LogP contribution in [0.3, 0.4) is 0 Å². The zero-order chi connectivity index (χ0) is 21.1. The van der Waals surface area contributed by atoms with Crippen molar-refractivity contribution < 1.29 is 9.53 Å². The zero-order valence-electron chi connectivity index (χ0n) is 17.6. The molecule has 0 saturated heterocycles. The third-order valence-corrected chi connectivity index (χ3v) is 5.39. The number of anilines is 1. The van der Waals surface area contributed by atoms with E-state index >= 15 is 0 Å². The van der Waals surface area contributed by atoms with Crippen molar-refractivity contribution in [3.05, 3.63) is 107 Å². The molecule has 152 valence electrons. The summed E-state index contributed by atoms with van der Waals surface area (Å²) in [6, 6.07) is 26.6. The Morgan fingerprint density at radius 2 is 1.77 bits per heavy atom. The molecule has 0 radical (unpaired) electrons. The van der Waals surface area contributed by atoms with Gasteiger partial charge >= 0.3 is 5.97 Å². The van der Waals surface area contributed by atoms with Crippen molar-refractivity contribution in [2.24, 2.45) is 0 Å². The van der Waals surface area contributed by atoms with Crippen molar-refractivity contribution in [2.75, 3.05) is 18.6 Å². The van der Waals surface area contributed by atoms with Crippen LogP contribution >= 0.6 is 0 Å². The van der Waals surface area contributed by atoms with E-state index in [1.165, 1.54) is 5.56 Å². The predicted molar refractivity (Wildman–Crippen MR) is 121 cm³/mol. The first kappa shape index (κ1) is 19.8. The Bertz CT molecular complexity index is 1160. The molecule has 0 fully saturated rings. The van der Waals surface area contributed by atoms with E-state index in [0.717, 1.165) is 22.5 Å². The molecule has 0 amide bonds. The normalized spacial score (nSPS) is 12.0. The molecule has 0 bridgehead atoms. The van der Waals surface area contributed by atoms with E-state index in [4.69, 9.17) is 4.74 Å². The van der Waals surface area contributed by atoms with Gasteiger partial charge in [-0.1, -0.05) is 48.5 Å². The lowest BCUT2D eigenvalue weighted by molar-refractivity contribution is 0.0528. The summed E-state index contributed by atoms with van der Waals surface area (Å²) in [4.78, 5) is 14.9. The van der Waals surface area contributed by atoms with Gasteiger partial charge in [-0.25, -0.2) is 4.79 Å². The molecular formula is C26H26N2O2. The fraction of sp³-hybridized carbons (Fsp3) is 0.192. The van der Waals surface area contributed by atoms with E-state index in [9.17, 15) is 4.79 Å². The average Bonchev–Trinajstić information content (AvgIpc) is 3.14. The van der Waals surface area contributed by atoms with Crippen LogP contribution < -0.4 is 4.90 Å². The Kier molecular flexibility index (Phi) is 5.57. The third-order valence-electron chi connectivity index (χ3n) is 5.39. The van der Waals surface area contributed by atoms with Gasteiger partial charge in [0.25, 0.3) is 0 Å². The summed E-state index contributed by atoms with van der Waals surface area (Å²) in [5.74, 6) is -0.294. The van der Waals surface area contributed by atoms with Crippen molar-refractivity contribution in [3.63, 3.8) is 0 Å². The number of pyridine rings is 1. The summed E-state index contributed by atoms with van der Waals surface area (Å²) < 4.78 is 7.42. The largest absolute Gasteiger partial charge is 0.462 e. The molecule has 0 saturated carbocycles. The summed E-state index contributed by atoms with van der Waals surface area (Å²) >= 11 is 0. The van der Waals surface area contributed by atoms with Crippen LogP contribution in [0, 0.1) is 6.92 Å². The standard InChI is InChI=1S/C26H26N2O2/c1-4-30-26(29)22-18-24(28-16-9-8-15-23(22)28)25(20-12-6-5-7-13-20)27(3)21-14-10-11-19(2)17-21/h5-18,25H,4H2,1-3H3/t25-/m0/s1. The molecule has 0 unspecified atom stereocenters. The number of fused-ring (bicyclic) bond motifs is 1. The molecule has 2 aromatic heterocycles. The first-order valence-electron chi connectivity index (χ1n) is 10.2. The number of aromatic nitrogens is 1. The smallest absolute Gasteiger partial charge is 0.340 e. The molecule has 0 aliphatic carbocycles. The van der Waals surface area contributed by atoms with Crippen LogP contribution in [0.1, 0.15) is 40.1 Å². The van der Waals surface area contributed by atoms with Crippen LogP contribution in [0.15, 0.2) is 85.1 Å². The van der Waals surface area contributed by atoms with E-state index in [1.54, 1.807) is 0 Å². The van der Waals surface area contributed by atoms with Crippen LogP contribution in [-0.2, 0) is 4.74 Å². The topological polar surface area (TPSA) is 34.0 Å². The van der Waals surface area contributed by atoms with Gasteiger partial charge in [0.15, 0.2) is 0 Å². The minimum absolute atomic E-state index is 0.0777. The van der Waals surface area contributed by atoms with Gasteiger partial charge in [0.1, 0.15) is 0 Å². The van der Waals surface area contributed by atoms with E-state index in [-0.39, 0.29) is 12.0 Å². The quantitative estimate of drug-likeness (QED) is 0.394. The van der Waals surface area contributed by atoms with Gasteiger partial charge in [-0.05, 0) is 55.3 Å². The number of ether oxygens (including phenoxy) is 1. The Hall–Kier alpha value is -3.53. The third kappa shape index (κ3) is 3.69. The molecule has 0 aliphatic heterocycles. The SMILES string of the molecule is CCOC(=O)c1cc([C@H](c2ccccc2)N(C)c2cccc(C)c2)n2ccccc12. The number of rotatable bonds is 6. The lowest BCUT2D eigenvalue weighted by Gasteiger charge is -2.31. The number of esters is 1. The summed E-state index contributed by atoms with van der Waals surface area (Å²) in [5, 5.41) is 0. The minimum atomic E-state index is -0.294. The van der Waals surface area contributed by atoms with Crippen molar-refractivity contribution in [3.8, 4) is 0 Å². The Labute approximate surface area is 177 Å². The Morgan fingerprint density at radius 3 is 2.50 bits per heavy atom. The van der Waals surface area contributed by atoms with Gasteiger partial charge < -0.3 is 14.0 Å². The van der Waals surface area contributed by atoms with Gasteiger partial charge in [-0.3, -0.25) is 0 Å².